The first-order chi connectivity index (χ1) is 50.2. The van der Waals surface area contributed by atoms with Crippen LogP contribution in [0.3, 0.4) is 0 Å². The first-order valence-electron chi connectivity index (χ1n) is 39.8. The van der Waals surface area contributed by atoms with E-state index in [0.717, 1.165) is 148 Å². The fourth-order valence-corrected chi connectivity index (χ4v) is 11.8. The molecule has 5 unspecified atom stereocenters. The van der Waals surface area contributed by atoms with Gasteiger partial charge in [0.1, 0.15) is 25.4 Å². The number of aliphatic hydroxyl groups is 2. The second-order valence-electron chi connectivity index (χ2n) is 26.1. The predicted octanol–water partition coefficient (Wildman–Crippen LogP) is 23.4. The van der Waals surface area contributed by atoms with Crippen molar-refractivity contribution in [2.75, 3.05) is 39.6 Å². The van der Waals surface area contributed by atoms with Crippen molar-refractivity contribution in [1.29, 1.82) is 0 Å². The fraction of sp³-hybridized carbons (Fsp3) is 0.659. The fourth-order valence-electron chi connectivity index (χ4n) is 10.2. The molecule has 0 rings (SSSR count). The molecule has 0 heterocycles. The zero-order valence-electron chi connectivity index (χ0n) is 64.2. The topological polar surface area (TPSA) is 231 Å². The lowest BCUT2D eigenvalue weighted by atomic mass is 10.0. The summed E-state index contributed by atoms with van der Waals surface area (Å²) in [7, 11) is -9.80. The van der Waals surface area contributed by atoms with E-state index >= 15 is 0 Å². The highest BCUT2D eigenvalue weighted by molar-refractivity contribution is 7.47. The van der Waals surface area contributed by atoms with Crippen LogP contribution in [0.2, 0.25) is 0 Å². The molecule has 0 aliphatic rings. The van der Waals surface area contributed by atoms with Crippen LogP contribution in [0, 0.1) is 0 Å². The van der Waals surface area contributed by atoms with Crippen molar-refractivity contribution in [3.63, 3.8) is 0 Å². The molecule has 103 heavy (non-hydrogen) atoms. The minimum Gasteiger partial charge on any atom is -0.463 e. The number of allylic oxidation sites excluding steroid dienone is 26. The number of carbonyl (C=O) groups excluding carboxylic acids is 3. The Morgan fingerprint density at radius 1 is 0.282 bits per heavy atom. The molecule has 0 saturated carbocycles. The monoisotopic (exact) mass is 1480 g/mol. The van der Waals surface area contributed by atoms with Gasteiger partial charge >= 0.3 is 33.6 Å². The number of ether oxygens (including phenoxy) is 3. The summed E-state index contributed by atoms with van der Waals surface area (Å²) >= 11 is 0. The summed E-state index contributed by atoms with van der Waals surface area (Å²) in [6.45, 7) is 2.34. The largest absolute Gasteiger partial charge is 0.472 e. The molecule has 0 aliphatic heterocycles. The summed E-state index contributed by atoms with van der Waals surface area (Å²) in [6.07, 6.45) is 96.2. The van der Waals surface area contributed by atoms with Crippen molar-refractivity contribution in [2.24, 2.45) is 0 Å². The summed E-state index contributed by atoms with van der Waals surface area (Å²) in [4.78, 5) is 58.5. The molecule has 4 N–H and O–H groups in total. The highest BCUT2D eigenvalue weighted by atomic mass is 31.2. The summed E-state index contributed by atoms with van der Waals surface area (Å²) < 4.78 is 61.0. The van der Waals surface area contributed by atoms with Crippen LogP contribution in [-0.2, 0) is 55.8 Å². The van der Waals surface area contributed by atoms with Gasteiger partial charge in [-0.2, -0.15) is 0 Å². The van der Waals surface area contributed by atoms with Gasteiger partial charge < -0.3 is 34.2 Å². The Hall–Kier alpha value is -4.83. The molecule has 0 amide bonds. The molecule has 0 aromatic rings. The number of phosphoric acid groups is 2. The maximum atomic E-state index is 12.9. The van der Waals surface area contributed by atoms with Gasteiger partial charge in [-0.1, -0.05) is 301 Å². The van der Waals surface area contributed by atoms with Gasteiger partial charge in [0.15, 0.2) is 6.10 Å². The lowest BCUT2D eigenvalue weighted by Crippen LogP contribution is -2.30. The zero-order chi connectivity index (χ0) is 75.2. The zero-order valence-corrected chi connectivity index (χ0v) is 66.0. The summed E-state index contributed by atoms with van der Waals surface area (Å²) in [5.74, 6) is -1.64. The van der Waals surface area contributed by atoms with Crippen LogP contribution in [0.5, 0.6) is 0 Å². The van der Waals surface area contributed by atoms with E-state index in [1.165, 1.54) is 96.3 Å². The second kappa shape index (κ2) is 76.8. The molecule has 0 aliphatic carbocycles. The maximum Gasteiger partial charge on any atom is 0.472 e. The molecule has 16 nitrogen and oxygen atoms in total. The minimum absolute atomic E-state index is 0.0805. The van der Waals surface area contributed by atoms with Crippen molar-refractivity contribution in [3.8, 4) is 0 Å². The second-order valence-corrected chi connectivity index (χ2v) is 29.0. The number of phosphoric ester groups is 2. The molecular formula is C85H142O16P2. The first kappa shape index (κ1) is 98.2. The van der Waals surface area contributed by atoms with Crippen LogP contribution in [0.1, 0.15) is 303 Å². The third-order valence-corrected chi connectivity index (χ3v) is 18.1. The van der Waals surface area contributed by atoms with Crippen LogP contribution in [0.15, 0.2) is 158 Å². The quantitative estimate of drug-likeness (QED) is 0.0146. The Labute approximate surface area is 625 Å². The van der Waals surface area contributed by atoms with E-state index in [-0.39, 0.29) is 19.3 Å². The molecule has 0 saturated heterocycles. The normalized spacial score (nSPS) is 14.8. The van der Waals surface area contributed by atoms with Crippen LogP contribution >= 0.6 is 15.6 Å². The molecule has 0 spiro atoms. The van der Waals surface area contributed by atoms with Crippen LogP contribution in [0.25, 0.3) is 0 Å². The van der Waals surface area contributed by atoms with Gasteiger partial charge in [0, 0.05) is 19.3 Å². The highest BCUT2D eigenvalue weighted by Crippen LogP contribution is 2.45. The smallest absolute Gasteiger partial charge is 0.463 e. The first-order valence-corrected chi connectivity index (χ1v) is 42.8. The molecule has 0 radical (unpaired) electrons. The molecule has 588 valence electrons. The number of carbonyl (C=O) groups is 3. The molecule has 0 aromatic heterocycles. The van der Waals surface area contributed by atoms with Crippen molar-refractivity contribution in [2.45, 2.75) is 322 Å². The predicted molar refractivity (Wildman–Crippen MR) is 426 cm³/mol. The number of hydrogen-bond donors (Lipinski definition) is 4. The number of esters is 3. The third kappa shape index (κ3) is 78.1. The van der Waals surface area contributed by atoms with Gasteiger partial charge in [-0.05, 0) is 141 Å². The molecule has 0 fully saturated rings. The van der Waals surface area contributed by atoms with Gasteiger partial charge in [-0.15, -0.1) is 0 Å². The van der Waals surface area contributed by atoms with Crippen LogP contribution in [-0.4, -0.2) is 95.9 Å². The standard InChI is InChI=1S/C85H142O16P2/c1-4-7-10-13-16-19-22-24-26-28-30-32-33-34-35-36-37-38-39-40-41-42-43-44-45-47-49-50-52-54-57-59-62-65-68-71-83(88)95-74-80(86)75-97-102(91,92)98-76-81(87)77-99-103(93,94)100-79-82(101-85(90)73-70-67-64-61-56-21-18-15-12-9-6-3)78-96-84(89)72-69-66-63-60-58-55-53-51-48-46-31-29-27-25-23-20-17-14-11-8-5-2/h7-8,10-11,15-20,24-27,30-32,34-35,37-38,46,51,53,58,60,80-82,86-87H,4-6,9,12-14,21-23,28-29,33,36,39-45,47-50,52,54-57,59,61-79H2,1-3H3,(H,91,92)(H,93,94)/b10-7-,11-8-,18-15-,19-16-,20-17-,26-24-,27-25-,32-30-,35-34-,38-37-,46-31-,53-51-,60-58-. The number of hydrogen-bond acceptors (Lipinski definition) is 14. The van der Waals surface area contributed by atoms with Crippen LogP contribution < -0.4 is 0 Å². The van der Waals surface area contributed by atoms with Crippen LogP contribution in [0.4, 0.5) is 0 Å². The molecule has 18 heteroatoms. The van der Waals surface area contributed by atoms with E-state index in [2.05, 4.69) is 179 Å². The average Bonchev–Trinajstić information content (AvgIpc) is 0.913. The van der Waals surface area contributed by atoms with E-state index < -0.39 is 91.5 Å². The molecule has 5 atom stereocenters. The van der Waals surface area contributed by atoms with E-state index in [1.54, 1.807) is 0 Å². The van der Waals surface area contributed by atoms with Gasteiger partial charge in [0.25, 0.3) is 0 Å². The van der Waals surface area contributed by atoms with Crippen molar-refractivity contribution < 1.29 is 75.8 Å². The third-order valence-electron chi connectivity index (χ3n) is 16.2. The Morgan fingerprint density at radius 2 is 0.515 bits per heavy atom. The summed E-state index contributed by atoms with van der Waals surface area (Å²) in [5, 5.41) is 20.6. The van der Waals surface area contributed by atoms with Crippen molar-refractivity contribution in [3.05, 3.63) is 158 Å². The number of rotatable bonds is 74. The molecule has 0 bridgehead atoms. The van der Waals surface area contributed by atoms with E-state index in [9.17, 15) is 43.5 Å². The number of aliphatic hydroxyl groups excluding tert-OH is 2. The van der Waals surface area contributed by atoms with E-state index in [4.69, 9.17) is 32.3 Å². The lowest BCUT2D eigenvalue weighted by molar-refractivity contribution is -0.161. The van der Waals surface area contributed by atoms with Gasteiger partial charge in [0.2, 0.25) is 0 Å². The molecule has 0 aromatic carbocycles. The Morgan fingerprint density at radius 3 is 0.845 bits per heavy atom. The lowest BCUT2D eigenvalue weighted by Gasteiger charge is -2.21. The minimum atomic E-state index is -4.94. The van der Waals surface area contributed by atoms with Gasteiger partial charge in [-0.3, -0.25) is 32.5 Å². The van der Waals surface area contributed by atoms with E-state index in [0.29, 0.717) is 19.3 Å². The van der Waals surface area contributed by atoms with E-state index in [1.807, 2.05) is 0 Å². The van der Waals surface area contributed by atoms with Gasteiger partial charge in [0.05, 0.1) is 26.4 Å². The van der Waals surface area contributed by atoms with Gasteiger partial charge in [-0.25, -0.2) is 9.13 Å². The Bertz CT molecular complexity index is 2500. The molecular weight excluding hydrogens is 1340 g/mol. The van der Waals surface area contributed by atoms with Crippen molar-refractivity contribution in [1.82, 2.24) is 0 Å². The Balaban J connectivity index is 4.39. The summed E-state index contributed by atoms with van der Waals surface area (Å²) in [5.41, 5.74) is 0. The highest BCUT2D eigenvalue weighted by Gasteiger charge is 2.29. The Kier molecular flexibility index (Phi) is 73.2. The maximum absolute atomic E-state index is 12.9. The summed E-state index contributed by atoms with van der Waals surface area (Å²) in [6, 6.07) is 0. The van der Waals surface area contributed by atoms with Crippen molar-refractivity contribution >= 4 is 33.6 Å². The SMILES string of the molecule is CC/C=C\C/C=C\C/C=C\C/C=C\C/C=C\C/C=C\CCCCCCCCCCCCCCCCCCC(=O)OCC(O)COP(=O)(O)OCC(O)COP(=O)(O)OCC(COC(=O)CCCC/C=C\C/C=C\C/C=C\C/C=C\C/C=C\C/C=C\CC)OC(=O)CCCCCCC/C=C\CCCC. The number of unbranched alkanes of at least 4 members (excludes halogenated alkanes) is 25. The average molecular weight is 1480 g/mol.